The second-order valence-corrected chi connectivity index (χ2v) is 5.55. The van der Waals surface area contributed by atoms with Crippen LogP contribution in [0.2, 0.25) is 0 Å². The fourth-order valence-corrected chi connectivity index (χ4v) is 2.38. The maximum Gasteiger partial charge on any atom is 0.0801 e. The van der Waals surface area contributed by atoms with E-state index in [4.69, 9.17) is 4.74 Å². The number of hydrogen-bond donors (Lipinski definition) is 1. The molecule has 1 heterocycles. The van der Waals surface area contributed by atoms with Gasteiger partial charge in [-0.2, -0.15) is 0 Å². The minimum absolute atomic E-state index is 0.0835. The van der Waals surface area contributed by atoms with Gasteiger partial charge in [0.1, 0.15) is 0 Å². The molecular weight excluding hydrogens is 226 g/mol. The fraction of sp³-hybridized carbons (Fsp3) is 0.600. The molecule has 1 aliphatic heterocycles. The SMILES string of the molecule is CC[C@H](O)c1ccc(N2CCOC(C)(C)C2)cc1. The summed E-state index contributed by atoms with van der Waals surface area (Å²) in [5.74, 6) is 0. The van der Waals surface area contributed by atoms with Crippen molar-refractivity contribution in [2.75, 3.05) is 24.6 Å². The Morgan fingerprint density at radius 3 is 2.56 bits per heavy atom. The summed E-state index contributed by atoms with van der Waals surface area (Å²) in [5, 5.41) is 9.78. The largest absolute Gasteiger partial charge is 0.388 e. The van der Waals surface area contributed by atoms with Crippen molar-refractivity contribution in [1.29, 1.82) is 0 Å². The summed E-state index contributed by atoms with van der Waals surface area (Å²) in [4.78, 5) is 2.34. The average Bonchev–Trinajstić information content (AvgIpc) is 2.37. The van der Waals surface area contributed by atoms with Crippen LogP contribution in [0.4, 0.5) is 5.69 Å². The molecule has 1 aliphatic rings. The van der Waals surface area contributed by atoms with Gasteiger partial charge in [-0.1, -0.05) is 19.1 Å². The van der Waals surface area contributed by atoms with Crippen molar-refractivity contribution in [3.05, 3.63) is 29.8 Å². The number of aliphatic hydroxyl groups is 1. The van der Waals surface area contributed by atoms with Crippen LogP contribution in [0.15, 0.2) is 24.3 Å². The predicted octanol–water partition coefficient (Wildman–Crippen LogP) is 2.75. The molecule has 0 aliphatic carbocycles. The van der Waals surface area contributed by atoms with Crippen LogP contribution in [0.25, 0.3) is 0 Å². The van der Waals surface area contributed by atoms with E-state index in [1.165, 1.54) is 5.69 Å². The van der Waals surface area contributed by atoms with E-state index in [1.807, 2.05) is 19.1 Å². The zero-order valence-electron chi connectivity index (χ0n) is 11.5. The molecule has 1 saturated heterocycles. The van der Waals surface area contributed by atoms with E-state index in [-0.39, 0.29) is 11.7 Å². The summed E-state index contributed by atoms with van der Waals surface area (Å²) in [6.45, 7) is 8.83. The zero-order valence-corrected chi connectivity index (χ0v) is 11.5. The van der Waals surface area contributed by atoms with E-state index in [9.17, 15) is 5.11 Å². The molecule has 1 aromatic rings. The number of rotatable bonds is 3. The zero-order chi connectivity index (χ0) is 13.2. The lowest BCUT2D eigenvalue weighted by Crippen LogP contribution is -2.48. The molecule has 1 N–H and O–H groups in total. The monoisotopic (exact) mass is 249 g/mol. The van der Waals surface area contributed by atoms with Gasteiger partial charge in [0.25, 0.3) is 0 Å². The van der Waals surface area contributed by atoms with Gasteiger partial charge in [-0.3, -0.25) is 0 Å². The van der Waals surface area contributed by atoms with Gasteiger partial charge in [0.15, 0.2) is 0 Å². The van der Waals surface area contributed by atoms with Gasteiger partial charge in [-0.15, -0.1) is 0 Å². The molecule has 18 heavy (non-hydrogen) atoms. The molecule has 0 saturated carbocycles. The summed E-state index contributed by atoms with van der Waals surface area (Å²) in [7, 11) is 0. The summed E-state index contributed by atoms with van der Waals surface area (Å²) in [6, 6.07) is 8.23. The van der Waals surface area contributed by atoms with Crippen molar-refractivity contribution in [3.63, 3.8) is 0 Å². The second kappa shape index (κ2) is 5.29. The normalized spacial score (nSPS) is 20.8. The maximum absolute atomic E-state index is 9.78. The van der Waals surface area contributed by atoms with Crippen LogP contribution in [0.3, 0.4) is 0 Å². The second-order valence-electron chi connectivity index (χ2n) is 5.55. The number of ether oxygens (including phenoxy) is 1. The summed E-state index contributed by atoms with van der Waals surface area (Å²) < 4.78 is 5.71. The van der Waals surface area contributed by atoms with Crippen LogP contribution in [-0.2, 0) is 4.74 Å². The summed E-state index contributed by atoms with van der Waals surface area (Å²) >= 11 is 0. The van der Waals surface area contributed by atoms with E-state index >= 15 is 0 Å². The molecule has 100 valence electrons. The van der Waals surface area contributed by atoms with Crippen molar-refractivity contribution in [2.45, 2.75) is 38.9 Å². The van der Waals surface area contributed by atoms with Crippen LogP contribution >= 0.6 is 0 Å². The van der Waals surface area contributed by atoms with Gasteiger partial charge >= 0.3 is 0 Å². The smallest absolute Gasteiger partial charge is 0.0801 e. The Labute approximate surface area is 109 Å². The molecule has 1 atom stereocenters. The molecule has 0 spiro atoms. The Bertz CT molecular complexity index is 386. The van der Waals surface area contributed by atoms with Gasteiger partial charge in [-0.05, 0) is 38.0 Å². The van der Waals surface area contributed by atoms with Crippen LogP contribution in [0.1, 0.15) is 38.9 Å². The first-order valence-corrected chi connectivity index (χ1v) is 6.69. The lowest BCUT2D eigenvalue weighted by atomic mass is 10.0. The Kier molecular flexibility index (Phi) is 3.93. The molecule has 0 unspecified atom stereocenters. The first-order valence-electron chi connectivity index (χ1n) is 6.69. The fourth-order valence-electron chi connectivity index (χ4n) is 2.38. The van der Waals surface area contributed by atoms with Gasteiger partial charge in [-0.25, -0.2) is 0 Å². The standard InChI is InChI=1S/C15H23NO2/c1-4-14(17)12-5-7-13(8-6-12)16-9-10-18-15(2,3)11-16/h5-8,14,17H,4,9-11H2,1-3H3/t14-/m0/s1. The molecule has 3 nitrogen and oxygen atoms in total. The van der Waals surface area contributed by atoms with Crippen LogP contribution < -0.4 is 4.90 Å². The van der Waals surface area contributed by atoms with Gasteiger partial charge in [0.2, 0.25) is 0 Å². The Hall–Kier alpha value is -1.06. The van der Waals surface area contributed by atoms with Crippen molar-refractivity contribution >= 4 is 5.69 Å². The highest BCUT2D eigenvalue weighted by Crippen LogP contribution is 2.25. The lowest BCUT2D eigenvalue weighted by molar-refractivity contribution is -0.0276. The van der Waals surface area contributed by atoms with E-state index in [1.54, 1.807) is 0 Å². The van der Waals surface area contributed by atoms with Crippen molar-refractivity contribution < 1.29 is 9.84 Å². The number of morpholine rings is 1. The Morgan fingerprint density at radius 2 is 2.00 bits per heavy atom. The van der Waals surface area contributed by atoms with E-state index < -0.39 is 0 Å². The van der Waals surface area contributed by atoms with Gasteiger partial charge < -0.3 is 14.7 Å². The molecule has 0 amide bonds. The molecule has 0 aromatic heterocycles. The van der Waals surface area contributed by atoms with Gasteiger partial charge in [0.05, 0.1) is 18.3 Å². The third-order valence-electron chi connectivity index (χ3n) is 3.46. The number of benzene rings is 1. The molecule has 0 radical (unpaired) electrons. The highest BCUT2D eigenvalue weighted by atomic mass is 16.5. The van der Waals surface area contributed by atoms with Crippen molar-refractivity contribution in [3.8, 4) is 0 Å². The summed E-state index contributed by atoms with van der Waals surface area (Å²) in [6.07, 6.45) is 0.407. The quantitative estimate of drug-likeness (QED) is 0.894. The predicted molar refractivity (Wildman–Crippen MR) is 73.9 cm³/mol. The van der Waals surface area contributed by atoms with Crippen LogP contribution in [0, 0.1) is 0 Å². The first-order chi connectivity index (χ1) is 8.52. The highest BCUT2D eigenvalue weighted by molar-refractivity contribution is 5.48. The molecule has 0 bridgehead atoms. The van der Waals surface area contributed by atoms with Crippen LogP contribution in [-0.4, -0.2) is 30.4 Å². The van der Waals surface area contributed by atoms with E-state index in [2.05, 4.69) is 30.9 Å². The molecule has 2 rings (SSSR count). The number of anilines is 1. The maximum atomic E-state index is 9.78. The van der Waals surface area contributed by atoms with E-state index in [0.717, 1.165) is 31.7 Å². The molecule has 3 heteroatoms. The minimum Gasteiger partial charge on any atom is -0.388 e. The number of nitrogens with zero attached hydrogens (tertiary/aromatic N) is 1. The van der Waals surface area contributed by atoms with Crippen molar-refractivity contribution in [1.82, 2.24) is 0 Å². The lowest BCUT2D eigenvalue weighted by Gasteiger charge is -2.39. The molecule has 1 aromatic carbocycles. The van der Waals surface area contributed by atoms with Crippen LogP contribution in [0.5, 0.6) is 0 Å². The first kappa shape index (κ1) is 13.4. The number of aliphatic hydroxyl groups excluding tert-OH is 1. The van der Waals surface area contributed by atoms with Gasteiger partial charge in [0, 0.05) is 18.8 Å². The number of hydrogen-bond acceptors (Lipinski definition) is 3. The molecule has 1 fully saturated rings. The molecular formula is C15H23NO2. The van der Waals surface area contributed by atoms with E-state index in [0.29, 0.717) is 0 Å². The highest BCUT2D eigenvalue weighted by Gasteiger charge is 2.27. The average molecular weight is 249 g/mol. The Balaban J connectivity index is 2.09. The minimum atomic E-state index is -0.347. The topological polar surface area (TPSA) is 32.7 Å². The third kappa shape index (κ3) is 3.03. The Morgan fingerprint density at radius 1 is 1.33 bits per heavy atom. The third-order valence-corrected chi connectivity index (χ3v) is 3.46. The summed E-state index contributed by atoms with van der Waals surface area (Å²) in [5.41, 5.74) is 2.12. The van der Waals surface area contributed by atoms with Crippen molar-refractivity contribution in [2.24, 2.45) is 0 Å².